The van der Waals surface area contributed by atoms with Gasteiger partial charge < -0.3 is 4.74 Å². The van der Waals surface area contributed by atoms with Gasteiger partial charge in [0.15, 0.2) is 0 Å². The van der Waals surface area contributed by atoms with Crippen LogP contribution in [0.4, 0.5) is 0 Å². The van der Waals surface area contributed by atoms with Gasteiger partial charge in [0.25, 0.3) is 5.91 Å². The third-order valence-corrected chi connectivity index (χ3v) is 5.72. The first kappa shape index (κ1) is 19.0. The quantitative estimate of drug-likeness (QED) is 0.570. The zero-order valence-electron chi connectivity index (χ0n) is 14.4. The highest BCUT2D eigenvalue weighted by atomic mass is 32.2. The SMILES string of the molecule is COc1ccccc1/C=C/S(=O)(=O)N1Cc2nccnc2CC1C(=O)NO. The van der Waals surface area contributed by atoms with Crippen molar-refractivity contribution in [1.82, 2.24) is 19.8 Å². The monoisotopic (exact) mass is 390 g/mol. The maximum absolute atomic E-state index is 12.9. The normalized spacial score (nSPS) is 17.5. The smallest absolute Gasteiger partial charge is 0.262 e. The van der Waals surface area contributed by atoms with Crippen LogP contribution in [0.2, 0.25) is 0 Å². The molecule has 0 fully saturated rings. The van der Waals surface area contributed by atoms with Crippen molar-refractivity contribution >= 4 is 22.0 Å². The van der Waals surface area contributed by atoms with E-state index < -0.39 is 22.0 Å². The number of para-hydroxylation sites is 1. The molecule has 2 heterocycles. The van der Waals surface area contributed by atoms with Crippen molar-refractivity contribution in [3.05, 3.63) is 59.0 Å². The van der Waals surface area contributed by atoms with Gasteiger partial charge in [-0.1, -0.05) is 18.2 Å². The van der Waals surface area contributed by atoms with Crippen LogP contribution in [0.15, 0.2) is 42.1 Å². The number of aromatic nitrogens is 2. The van der Waals surface area contributed by atoms with Crippen LogP contribution < -0.4 is 10.2 Å². The molecule has 2 N–H and O–H groups in total. The fraction of sp³-hybridized carbons (Fsp3) is 0.235. The van der Waals surface area contributed by atoms with Gasteiger partial charge >= 0.3 is 0 Å². The molecule has 10 heteroatoms. The molecule has 1 aromatic carbocycles. The lowest BCUT2D eigenvalue weighted by Gasteiger charge is -2.32. The fourth-order valence-electron chi connectivity index (χ4n) is 2.85. The number of methoxy groups -OCH3 is 1. The van der Waals surface area contributed by atoms with Crippen molar-refractivity contribution in [2.45, 2.75) is 19.0 Å². The van der Waals surface area contributed by atoms with Crippen LogP contribution in [0.5, 0.6) is 5.75 Å². The lowest BCUT2D eigenvalue weighted by molar-refractivity contribution is -0.133. The summed E-state index contributed by atoms with van der Waals surface area (Å²) < 4.78 is 32.0. The van der Waals surface area contributed by atoms with E-state index in [-0.39, 0.29) is 13.0 Å². The first-order valence-corrected chi connectivity index (χ1v) is 9.52. The minimum absolute atomic E-state index is 0.0112. The Hall–Kier alpha value is -2.82. The number of nitrogens with zero attached hydrogens (tertiary/aromatic N) is 3. The number of hydrogen-bond donors (Lipinski definition) is 2. The molecule has 1 unspecified atom stereocenters. The molecule has 0 aliphatic carbocycles. The Morgan fingerprint density at radius 2 is 2.00 bits per heavy atom. The van der Waals surface area contributed by atoms with E-state index in [1.54, 1.807) is 24.3 Å². The maximum Gasteiger partial charge on any atom is 0.262 e. The number of carbonyl (C=O) groups is 1. The molecule has 0 saturated carbocycles. The number of carbonyl (C=O) groups excluding carboxylic acids is 1. The van der Waals surface area contributed by atoms with Crippen LogP contribution >= 0.6 is 0 Å². The van der Waals surface area contributed by atoms with Crippen molar-refractivity contribution in [3.63, 3.8) is 0 Å². The predicted molar refractivity (Wildman–Crippen MR) is 95.9 cm³/mol. The fourth-order valence-corrected chi connectivity index (χ4v) is 4.15. The van der Waals surface area contributed by atoms with Crippen LogP contribution in [-0.2, 0) is 27.8 Å². The topological polar surface area (TPSA) is 122 Å². The molecule has 9 nitrogen and oxygen atoms in total. The number of nitrogens with one attached hydrogen (secondary N) is 1. The van der Waals surface area contributed by atoms with Crippen LogP contribution in [0.25, 0.3) is 6.08 Å². The van der Waals surface area contributed by atoms with Crippen molar-refractivity contribution in [2.24, 2.45) is 0 Å². The molecule has 2 aromatic rings. The maximum atomic E-state index is 12.9. The number of sulfonamides is 1. The van der Waals surface area contributed by atoms with Gasteiger partial charge in [0.05, 0.1) is 25.0 Å². The van der Waals surface area contributed by atoms with Gasteiger partial charge in [-0.3, -0.25) is 20.0 Å². The molecule has 1 aromatic heterocycles. The number of rotatable bonds is 5. The van der Waals surface area contributed by atoms with Gasteiger partial charge in [-0.25, -0.2) is 13.9 Å². The molecule has 27 heavy (non-hydrogen) atoms. The van der Waals surface area contributed by atoms with E-state index in [2.05, 4.69) is 9.97 Å². The van der Waals surface area contributed by atoms with Crippen LogP contribution in [0.1, 0.15) is 17.0 Å². The highest BCUT2D eigenvalue weighted by Crippen LogP contribution is 2.25. The summed E-state index contributed by atoms with van der Waals surface area (Å²) >= 11 is 0. The average Bonchev–Trinajstić information content (AvgIpc) is 2.70. The average molecular weight is 390 g/mol. The lowest BCUT2D eigenvalue weighted by Crippen LogP contribution is -2.51. The summed E-state index contributed by atoms with van der Waals surface area (Å²) in [7, 11) is -2.51. The molecule has 0 radical (unpaired) electrons. The number of benzene rings is 1. The molecule has 1 amide bonds. The first-order chi connectivity index (χ1) is 13.0. The number of ether oxygens (including phenoxy) is 1. The first-order valence-electron chi connectivity index (χ1n) is 8.02. The number of amides is 1. The summed E-state index contributed by atoms with van der Waals surface area (Å²) in [6, 6.07) is 5.81. The van der Waals surface area contributed by atoms with Crippen molar-refractivity contribution in [1.29, 1.82) is 0 Å². The second kappa shape index (κ2) is 7.82. The Morgan fingerprint density at radius 3 is 2.70 bits per heavy atom. The van der Waals surface area contributed by atoms with Gasteiger partial charge in [0.2, 0.25) is 10.0 Å². The Morgan fingerprint density at radius 1 is 1.30 bits per heavy atom. The summed E-state index contributed by atoms with van der Waals surface area (Å²) in [5.74, 6) is -0.316. The summed E-state index contributed by atoms with van der Waals surface area (Å²) in [5.41, 5.74) is 3.08. The van der Waals surface area contributed by atoms with Gasteiger partial charge in [0.1, 0.15) is 11.8 Å². The standard InChI is InChI=1S/C17H18N4O5S/c1-26-16-5-3-2-4-12(16)6-9-27(24,25)21-11-14-13(18-7-8-19-14)10-15(21)17(22)20-23/h2-9,15,23H,10-11H2,1H3,(H,20,22)/b9-6+. The molecule has 142 valence electrons. The van der Waals surface area contributed by atoms with Crippen molar-refractivity contribution < 1.29 is 23.2 Å². The minimum atomic E-state index is -4.00. The Bertz CT molecular complexity index is 977. The third-order valence-electron chi connectivity index (χ3n) is 4.20. The second-order valence-corrected chi connectivity index (χ2v) is 7.55. The minimum Gasteiger partial charge on any atom is -0.496 e. The summed E-state index contributed by atoms with van der Waals surface area (Å²) in [6.45, 7) is -0.125. The molecule has 0 spiro atoms. The van der Waals surface area contributed by atoms with Gasteiger partial charge in [-0.05, 0) is 12.1 Å². The Balaban J connectivity index is 1.95. The lowest BCUT2D eigenvalue weighted by atomic mass is 10.0. The van der Waals surface area contributed by atoms with Gasteiger partial charge in [0, 0.05) is 29.8 Å². The highest BCUT2D eigenvalue weighted by Gasteiger charge is 2.39. The van der Waals surface area contributed by atoms with Crippen LogP contribution in [0, 0.1) is 0 Å². The van der Waals surface area contributed by atoms with E-state index in [1.165, 1.54) is 31.1 Å². The van der Waals surface area contributed by atoms with E-state index in [4.69, 9.17) is 9.94 Å². The number of hydroxylamine groups is 1. The van der Waals surface area contributed by atoms with E-state index in [0.29, 0.717) is 22.7 Å². The summed E-state index contributed by atoms with van der Waals surface area (Å²) in [5, 5.41) is 10.0. The molecule has 3 rings (SSSR count). The Labute approximate surface area is 156 Å². The largest absolute Gasteiger partial charge is 0.496 e. The zero-order valence-corrected chi connectivity index (χ0v) is 15.3. The highest BCUT2D eigenvalue weighted by molar-refractivity contribution is 7.92. The van der Waals surface area contributed by atoms with E-state index in [1.807, 2.05) is 0 Å². The second-order valence-electron chi connectivity index (χ2n) is 5.78. The molecule has 1 atom stereocenters. The van der Waals surface area contributed by atoms with Crippen LogP contribution in [-0.4, -0.2) is 47.0 Å². The third kappa shape index (κ3) is 3.97. The number of fused-ring (bicyclic) bond motifs is 1. The molecule has 0 bridgehead atoms. The predicted octanol–water partition coefficient (Wildman–Crippen LogP) is 0.718. The van der Waals surface area contributed by atoms with E-state index >= 15 is 0 Å². The van der Waals surface area contributed by atoms with Gasteiger partial charge in [-0.2, -0.15) is 4.31 Å². The zero-order chi connectivity index (χ0) is 19.4. The van der Waals surface area contributed by atoms with E-state index in [0.717, 1.165) is 9.71 Å². The summed E-state index contributed by atoms with van der Waals surface area (Å²) in [4.78, 5) is 20.3. The molecule has 1 aliphatic heterocycles. The number of hydrogen-bond acceptors (Lipinski definition) is 7. The molecule has 0 saturated heterocycles. The van der Waals surface area contributed by atoms with Crippen molar-refractivity contribution in [2.75, 3.05) is 7.11 Å². The summed E-state index contributed by atoms with van der Waals surface area (Å²) in [6.07, 6.45) is 4.34. The van der Waals surface area contributed by atoms with Crippen molar-refractivity contribution in [3.8, 4) is 5.75 Å². The molecular weight excluding hydrogens is 372 g/mol. The molecule has 1 aliphatic rings. The Kier molecular flexibility index (Phi) is 5.49. The van der Waals surface area contributed by atoms with E-state index in [9.17, 15) is 13.2 Å². The van der Waals surface area contributed by atoms with Gasteiger partial charge in [-0.15, -0.1) is 0 Å². The molecular formula is C17H18N4O5S. The van der Waals surface area contributed by atoms with Crippen LogP contribution in [0.3, 0.4) is 0 Å².